The van der Waals surface area contributed by atoms with E-state index in [1.54, 1.807) is 7.05 Å². The van der Waals surface area contributed by atoms with Gasteiger partial charge in [0.15, 0.2) is 0 Å². The first-order valence-corrected chi connectivity index (χ1v) is 4.95. The molecule has 7 nitrogen and oxygen atoms in total. The number of pyridine rings is 1. The van der Waals surface area contributed by atoms with Gasteiger partial charge in [-0.05, 0) is 6.07 Å². The molecule has 0 unspecified atom stereocenters. The molecular weight excluding hydrogens is 224 g/mol. The number of hydrogen-bond donors (Lipinski definition) is 3. The molecule has 0 aliphatic rings. The Bertz CT molecular complexity index is 480. The van der Waals surface area contributed by atoms with Crippen molar-refractivity contribution in [1.82, 2.24) is 9.88 Å². The number of amides is 1. The van der Waals surface area contributed by atoms with Crippen LogP contribution in [0, 0.1) is 0 Å². The van der Waals surface area contributed by atoms with E-state index in [1.807, 2.05) is 0 Å². The lowest BCUT2D eigenvalue weighted by molar-refractivity contribution is 0.0798. The van der Waals surface area contributed by atoms with Gasteiger partial charge in [0.2, 0.25) is 5.56 Å². The average Bonchev–Trinajstić information content (AvgIpc) is 2.34. The van der Waals surface area contributed by atoms with E-state index >= 15 is 0 Å². The van der Waals surface area contributed by atoms with E-state index in [1.165, 1.54) is 23.2 Å². The second-order valence-corrected chi connectivity index (χ2v) is 3.51. The predicted octanol–water partition coefficient (Wildman–Crippen LogP) is -0.417. The number of carbonyl (C=O) groups is 1. The van der Waals surface area contributed by atoms with E-state index < -0.39 is 0 Å². The van der Waals surface area contributed by atoms with E-state index in [2.05, 4.69) is 10.1 Å². The number of nitrogens with two attached hydrogens (primary N) is 1. The van der Waals surface area contributed by atoms with Crippen LogP contribution in [0.3, 0.4) is 0 Å². The third-order valence-corrected chi connectivity index (χ3v) is 2.20. The minimum absolute atomic E-state index is 0.0514. The summed E-state index contributed by atoms with van der Waals surface area (Å²) in [6.07, 6.45) is 1.68. The molecule has 0 saturated carbocycles. The lowest BCUT2D eigenvalue weighted by atomic mass is 10.2. The van der Waals surface area contributed by atoms with Crippen LogP contribution in [-0.4, -0.2) is 40.4 Å². The first kappa shape index (κ1) is 12.8. The smallest absolute Gasteiger partial charge is 0.253 e. The van der Waals surface area contributed by atoms with Crippen LogP contribution in [-0.2, 0) is 0 Å². The molecule has 0 saturated heterocycles. The molecule has 7 heteroatoms. The van der Waals surface area contributed by atoms with Crippen molar-refractivity contribution >= 4 is 11.7 Å². The van der Waals surface area contributed by atoms with Gasteiger partial charge in [-0.25, -0.2) is 0 Å². The number of hydrogen-bond acceptors (Lipinski definition) is 4. The van der Waals surface area contributed by atoms with Crippen LogP contribution in [0.2, 0.25) is 0 Å². The fourth-order valence-electron chi connectivity index (χ4n) is 1.23. The fourth-order valence-corrected chi connectivity index (χ4v) is 1.23. The highest BCUT2D eigenvalue weighted by Crippen LogP contribution is 2.00. The van der Waals surface area contributed by atoms with Crippen molar-refractivity contribution < 1.29 is 10.0 Å². The number of aromatic nitrogens is 1. The third-order valence-electron chi connectivity index (χ3n) is 2.20. The summed E-state index contributed by atoms with van der Waals surface area (Å²) in [7, 11) is 1.58. The summed E-state index contributed by atoms with van der Waals surface area (Å²) < 4.78 is 0. The van der Waals surface area contributed by atoms with E-state index in [4.69, 9.17) is 10.9 Å². The quantitative estimate of drug-likeness (QED) is 0.286. The molecule has 17 heavy (non-hydrogen) atoms. The molecule has 1 aromatic rings. The van der Waals surface area contributed by atoms with Crippen LogP contribution >= 0.6 is 0 Å². The molecule has 1 rings (SSSR count). The van der Waals surface area contributed by atoms with Crippen LogP contribution in [0.1, 0.15) is 16.8 Å². The first-order chi connectivity index (χ1) is 8.04. The second kappa shape index (κ2) is 5.69. The lowest BCUT2D eigenvalue weighted by Gasteiger charge is -2.16. The summed E-state index contributed by atoms with van der Waals surface area (Å²) in [6, 6.07) is 2.74. The van der Waals surface area contributed by atoms with Gasteiger partial charge < -0.3 is 20.8 Å². The topological polar surface area (TPSA) is 112 Å². The van der Waals surface area contributed by atoms with Crippen LogP contribution < -0.4 is 11.3 Å². The number of rotatable bonds is 4. The van der Waals surface area contributed by atoms with Gasteiger partial charge in [0, 0.05) is 37.8 Å². The van der Waals surface area contributed by atoms with Crippen LogP contribution in [0.25, 0.3) is 0 Å². The zero-order valence-corrected chi connectivity index (χ0v) is 9.38. The summed E-state index contributed by atoms with van der Waals surface area (Å²) in [5, 5.41) is 11.2. The Labute approximate surface area is 97.5 Å². The number of carbonyl (C=O) groups excluding carboxylic acids is 1. The summed E-state index contributed by atoms with van der Waals surface area (Å²) >= 11 is 0. The van der Waals surface area contributed by atoms with Gasteiger partial charge in [-0.3, -0.25) is 9.59 Å². The fraction of sp³-hybridized carbons (Fsp3) is 0.300. The molecule has 0 fully saturated rings. The molecule has 1 amide bonds. The predicted molar refractivity (Wildman–Crippen MR) is 62.0 cm³/mol. The molecule has 4 N–H and O–H groups in total. The van der Waals surface area contributed by atoms with Gasteiger partial charge in [-0.1, -0.05) is 5.16 Å². The molecule has 0 bridgehead atoms. The molecule has 92 valence electrons. The number of amidine groups is 1. The van der Waals surface area contributed by atoms with Crippen molar-refractivity contribution in [3.05, 3.63) is 34.2 Å². The number of aromatic amines is 1. The van der Waals surface area contributed by atoms with Crippen molar-refractivity contribution in [3.63, 3.8) is 0 Å². The van der Waals surface area contributed by atoms with Gasteiger partial charge in [0.1, 0.15) is 5.84 Å². The molecule has 0 spiro atoms. The van der Waals surface area contributed by atoms with Gasteiger partial charge in [0.25, 0.3) is 5.91 Å². The monoisotopic (exact) mass is 238 g/mol. The van der Waals surface area contributed by atoms with Crippen molar-refractivity contribution in [2.45, 2.75) is 6.42 Å². The van der Waals surface area contributed by atoms with Crippen molar-refractivity contribution in [1.29, 1.82) is 0 Å². The van der Waals surface area contributed by atoms with Gasteiger partial charge >= 0.3 is 0 Å². The Morgan fingerprint density at radius 3 is 2.94 bits per heavy atom. The highest BCUT2D eigenvalue weighted by atomic mass is 16.4. The molecule has 1 aromatic heterocycles. The molecule has 0 radical (unpaired) electrons. The minimum atomic E-state index is -0.333. The summed E-state index contributed by atoms with van der Waals surface area (Å²) in [4.78, 5) is 26.7. The first-order valence-electron chi connectivity index (χ1n) is 4.95. The zero-order valence-electron chi connectivity index (χ0n) is 9.38. The highest BCUT2D eigenvalue weighted by Gasteiger charge is 2.12. The van der Waals surface area contributed by atoms with Crippen LogP contribution in [0.5, 0.6) is 0 Å². The SMILES string of the molecule is CN(CC/C(N)=N/O)C(=O)c1cc[nH]c(=O)c1. The molecule has 0 aliphatic carbocycles. The maximum Gasteiger partial charge on any atom is 0.253 e. The Kier molecular flexibility index (Phi) is 4.27. The van der Waals surface area contributed by atoms with Gasteiger partial charge in [-0.15, -0.1) is 0 Å². The van der Waals surface area contributed by atoms with E-state index in [0.29, 0.717) is 12.1 Å². The molecule has 0 aliphatic heterocycles. The van der Waals surface area contributed by atoms with Crippen molar-refractivity contribution in [3.8, 4) is 0 Å². The van der Waals surface area contributed by atoms with Crippen LogP contribution in [0.15, 0.2) is 28.3 Å². The molecule has 0 atom stereocenters. The van der Waals surface area contributed by atoms with Crippen LogP contribution in [0.4, 0.5) is 0 Å². The van der Waals surface area contributed by atoms with E-state index in [0.717, 1.165) is 0 Å². The zero-order chi connectivity index (χ0) is 12.8. The highest BCUT2D eigenvalue weighted by molar-refractivity contribution is 5.94. The maximum absolute atomic E-state index is 11.8. The standard InChI is InChI=1S/C10H14N4O3/c1-14(5-3-8(11)13-17)10(16)7-2-4-12-9(15)6-7/h2,4,6,17H,3,5H2,1H3,(H2,11,13)(H,12,15). The molecular formula is C10H14N4O3. The van der Waals surface area contributed by atoms with Crippen molar-refractivity contribution in [2.24, 2.45) is 10.9 Å². The number of H-pyrrole nitrogens is 1. The largest absolute Gasteiger partial charge is 0.409 e. The Morgan fingerprint density at radius 1 is 1.65 bits per heavy atom. The summed E-state index contributed by atoms with van der Waals surface area (Å²) in [6.45, 7) is 0.307. The average molecular weight is 238 g/mol. The van der Waals surface area contributed by atoms with E-state index in [-0.39, 0.29) is 23.7 Å². The third kappa shape index (κ3) is 3.63. The Hall–Kier alpha value is -2.31. The summed E-state index contributed by atoms with van der Waals surface area (Å²) in [5.74, 6) is -0.239. The lowest BCUT2D eigenvalue weighted by Crippen LogP contribution is -2.31. The minimum Gasteiger partial charge on any atom is -0.409 e. The Morgan fingerprint density at radius 2 is 2.35 bits per heavy atom. The normalized spacial score (nSPS) is 11.2. The summed E-state index contributed by atoms with van der Waals surface area (Å²) in [5.41, 5.74) is 5.26. The van der Waals surface area contributed by atoms with E-state index in [9.17, 15) is 9.59 Å². The number of nitrogens with zero attached hydrogens (tertiary/aromatic N) is 2. The second-order valence-electron chi connectivity index (χ2n) is 3.51. The molecule has 1 heterocycles. The maximum atomic E-state index is 11.8. The number of oxime groups is 1. The molecule has 0 aromatic carbocycles. The Balaban J connectivity index is 2.67. The van der Waals surface area contributed by atoms with Gasteiger partial charge in [0.05, 0.1) is 0 Å². The van der Waals surface area contributed by atoms with Gasteiger partial charge in [-0.2, -0.15) is 0 Å². The number of nitrogens with one attached hydrogen (secondary N) is 1. The van der Waals surface area contributed by atoms with Crippen molar-refractivity contribution in [2.75, 3.05) is 13.6 Å².